The predicted molar refractivity (Wildman–Crippen MR) is 105 cm³/mol. The van der Waals surface area contributed by atoms with Gasteiger partial charge in [0.25, 0.3) is 0 Å². The van der Waals surface area contributed by atoms with E-state index in [0.717, 1.165) is 4.68 Å². The Hall–Kier alpha value is -2.00. The number of nitrogens with one attached hydrogen (secondary N) is 2. The van der Waals surface area contributed by atoms with Crippen LogP contribution in [0, 0.1) is 0 Å². The fourth-order valence-electron chi connectivity index (χ4n) is 2.42. The second-order valence-electron chi connectivity index (χ2n) is 5.15. The molecule has 0 saturated heterocycles. The molecule has 0 spiro atoms. The molecule has 0 unspecified atom stereocenters. The first-order valence-electron chi connectivity index (χ1n) is 8.34. The van der Waals surface area contributed by atoms with Crippen LogP contribution in [0.4, 0.5) is 4.79 Å². The van der Waals surface area contributed by atoms with Crippen molar-refractivity contribution in [2.75, 3.05) is 25.2 Å². The average Bonchev–Trinajstić information content (AvgIpc) is 2.93. The van der Waals surface area contributed by atoms with Crippen LogP contribution in [0.5, 0.6) is 0 Å². The van der Waals surface area contributed by atoms with Crippen LogP contribution in [0.25, 0.3) is 11.3 Å². The first-order chi connectivity index (χ1) is 12.9. The number of aromatic amines is 1. The molecule has 0 saturated carbocycles. The van der Waals surface area contributed by atoms with Crippen molar-refractivity contribution in [3.05, 3.63) is 34.7 Å². The third kappa shape index (κ3) is 4.65. The fraction of sp³-hybridized carbons (Fsp3) is 0.375. The molecule has 0 atom stereocenters. The van der Waals surface area contributed by atoms with Crippen molar-refractivity contribution in [3.63, 3.8) is 0 Å². The van der Waals surface area contributed by atoms with Crippen molar-refractivity contribution in [1.82, 2.24) is 9.66 Å². The van der Waals surface area contributed by atoms with E-state index in [4.69, 9.17) is 13.8 Å². The summed E-state index contributed by atoms with van der Waals surface area (Å²) in [4.78, 5) is 27.5. The molecule has 0 radical (unpaired) electrons. The van der Waals surface area contributed by atoms with Gasteiger partial charge < -0.3 is 18.8 Å². The summed E-state index contributed by atoms with van der Waals surface area (Å²) in [7, 11) is -3.96. The van der Waals surface area contributed by atoms with Gasteiger partial charge in [-0.05, 0) is 26.8 Å². The Morgan fingerprint density at radius 2 is 1.81 bits per heavy atom. The first-order valence-corrected chi connectivity index (χ1v) is 10.3. The second kappa shape index (κ2) is 9.27. The number of carbonyl (C=O) groups excluding carboxylic acids is 1. The highest BCUT2D eigenvalue weighted by molar-refractivity contribution is 7.80. The molecule has 148 valence electrons. The maximum Gasteiger partial charge on any atom is 0.426 e. The molecule has 0 aliphatic rings. The maximum atomic E-state index is 13.5. The van der Waals surface area contributed by atoms with Gasteiger partial charge >= 0.3 is 19.4 Å². The first kappa shape index (κ1) is 21.3. The van der Waals surface area contributed by atoms with Gasteiger partial charge in [0.05, 0.1) is 25.5 Å². The SMILES string of the molecule is CCOC(=O)Nn1c(P(=O)(OCC)OCC)c(-c2ccccc2S)[nH]c1=O. The van der Waals surface area contributed by atoms with Crippen LogP contribution in [0.1, 0.15) is 20.8 Å². The highest BCUT2D eigenvalue weighted by atomic mass is 32.1. The summed E-state index contributed by atoms with van der Waals surface area (Å²) in [6, 6.07) is 6.90. The minimum atomic E-state index is -3.96. The monoisotopic (exact) mass is 415 g/mol. The quantitative estimate of drug-likeness (QED) is 0.452. The highest BCUT2D eigenvalue weighted by Crippen LogP contribution is 2.48. The van der Waals surface area contributed by atoms with E-state index >= 15 is 0 Å². The van der Waals surface area contributed by atoms with Gasteiger partial charge in [-0.3, -0.25) is 4.57 Å². The number of ether oxygens (including phenoxy) is 1. The molecular weight excluding hydrogens is 393 g/mol. The van der Waals surface area contributed by atoms with Crippen molar-refractivity contribution in [2.24, 2.45) is 0 Å². The van der Waals surface area contributed by atoms with Crippen LogP contribution in [-0.2, 0) is 18.3 Å². The van der Waals surface area contributed by atoms with Crippen molar-refractivity contribution in [2.45, 2.75) is 25.7 Å². The molecule has 2 N–H and O–H groups in total. The second-order valence-corrected chi connectivity index (χ2v) is 7.56. The molecule has 27 heavy (non-hydrogen) atoms. The molecule has 9 nitrogen and oxygen atoms in total. The number of hydrogen-bond acceptors (Lipinski definition) is 7. The number of H-pyrrole nitrogens is 1. The number of nitrogens with zero attached hydrogens (tertiary/aromatic N) is 1. The number of hydrogen-bond donors (Lipinski definition) is 3. The lowest BCUT2D eigenvalue weighted by Gasteiger charge is -2.20. The molecule has 0 aliphatic carbocycles. The number of aromatic nitrogens is 2. The normalized spacial score (nSPS) is 11.4. The van der Waals surface area contributed by atoms with E-state index in [2.05, 4.69) is 23.0 Å². The number of benzene rings is 1. The van der Waals surface area contributed by atoms with Gasteiger partial charge in [0.2, 0.25) is 0 Å². The summed E-state index contributed by atoms with van der Waals surface area (Å²) in [5.41, 5.74) is 2.07. The van der Waals surface area contributed by atoms with Gasteiger partial charge in [0.1, 0.15) is 0 Å². The van der Waals surface area contributed by atoms with Crippen LogP contribution >= 0.6 is 20.2 Å². The molecule has 0 aliphatic heterocycles. The Balaban J connectivity index is 2.75. The van der Waals surface area contributed by atoms with Crippen LogP contribution in [-0.4, -0.2) is 35.6 Å². The maximum absolute atomic E-state index is 13.5. The van der Waals surface area contributed by atoms with Crippen LogP contribution in [0.2, 0.25) is 0 Å². The van der Waals surface area contributed by atoms with Crippen LogP contribution < -0.4 is 16.6 Å². The molecule has 1 aromatic carbocycles. The Morgan fingerprint density at radius 1 is 1.19 bits per heavy atom. The average molecular weight is 415 g/mol. The highest BCUT2D eigenvalue weighted by Gasteiger charge is 2.37. The summed E-state index contributed by atoms with van der Waals surface area (Å²) in [5.74, 6) is 0. The van der Waals surface area contributed by atoms with Gasteiger partial charge in [0, 0.05) is 10.5 Å². The Bertz CT molecular complexity index is 900. The minimum Gasteiger partial charge on any atom is -0.449 e. The standard InChI is InChI=1S/C16H22N3O6PS/c1-4-23-16(21)18-19-14(26(22,24-5-2)25-6-3)13(17-15(19)20)11-9-7-8-10-12(11)27/h7-10,27H,4-6H2,1-3H3,(H,17,20)(H,18,21). The molecule has 0 bridgehead atoms. The molecule has 11 heteroatoms. The summed E-state index contributed by atoms with van der Waals surface area (Å²) in [6.07, 6.45) is -0.884. The Labute approximate surface area is 161 Å². The number of carbonyl (C=O) groups is 1. The molecule has 2 aromatic rings. The summed E-state index contributed by atoms with van der Waals surface area (Å²) in [5, 5.41) is 0. The van der Waals surface area contributed by atoms with E-state index in [1.807, 2.05) is 0 Å². The number of imidazole rings is 1. The lowest BCUT2D eigenvalue weighted by molar-refractivity contribution is 0.164. The van der Waals surface area contributed by atoms with Crippen LogP contribution in [0.3, 0.4) is 0 Å². The zero-order chi connectivity index (χ0) is 20.0. The zero-order valence-electron chi connectivity index (χ0n) is 15.2. The van der Waals surface area contributed by atoms with Crippen molar-refractivity contribution in [3.8, 4) is 11.3 Å². The minimum absolute atomic E-state index is 0.0675. The van der Waals surface area contributed by atoms with Crippen molar-refractivity contribution < 1.29 is 23.1 Å². The van der Waals surface area contributed by atoms with Gasteiger partial charge in [-0.25, -0.2) is 15.0 Å². The lowest BCUT2D eigenvalue weighted by Crippen LogP contribution is -2.39. The van der Waals surface area contributed by atoms with Crippen molar-refractivity contribution in [1.29, 1.82) is 0 Å². The molecule has 2 rings (SSSR count). The van der Waals surface area contributed by atoms with E-state index < -0.39 is 19.4 Å². The topological polar surface area (TPSA) is 112 Å². The zero-order valence-corrected chi connectivity index (χ0v) is 17.0. The molecule has 0 fully saturated rings. The number of rotatable bonds is 8. The van der Waals surface area contributed by atoms with Gasteiger partial charge in [-0.15, -0.1) is 12.6 Å². The van der Waals surface area contributed by atoms with E-state index in [1.165, 1.54) is 0 Å². The molecule has 1 heterocycles. The van der Waals surface area contributed by atoms with Gasteiger partial charge in [0.15, 0.2) is 5.44 Å². The Kier molecular flexibility index (Phi) is 7.32. The summed E-state index contributed by atoms with van der Waals surface area (Å²) in [6.45, 7) is 5.14. The van der Waals surface area contributed by atoms with Gasteiger partial charge in [-0.2, -0.15) is 4.68 Å². The third-order valence-corrected chi connectivity index (χ3v) is 5.91. The van der Waals surface area contributed by atoms with E-state index in [-0.39, 0.29) is 30.9 Å². The third-order valence-electron chi connectivity index (χ3n) is 3.38. The molecule has 1 amide bonds. The smallest absolute Gasteiger partial charge is 0.426 e. The lowest BCUT2D eigenvalue weighted by atomic mass is 10.2. The summed E-state index contributed by atoms with van der Waals surface area (Å²) >= 11 is 4.39. The van der Waals surface area contributed by atoms with E-state index in [9.17, 15) is 14.2 Å². The van der Waals surface area contributed by atoms with Gasteiger partial charge in [-0.1, -0.05) is 18.2 Å². The largest absolute Gasteiger partial charge is 0.449 e. The van der Waals surface area contributed by atoms with Crippen LogP contribution in [0.15, 0.2) is 34.0 Å². The Morgan fingerprint density at radius 3 is 2.37 bits per heavy atom. The van der Waals surface area contributed by atoms with Crippen molar-refractivity contribution >= 4 is 31.8 Å². The van der Waals surface area contributed by atoms with E-state index in [1.54, 1.807) is 45.0 Å². The van der Waals surface area contributed by atoms with E-state index in [0.29, 0.717) is 10.5 Å². The molecule has 1 aromatic heterocycles. The summed E-state index contributed by atoms with van der Waals surface area (Å²) < 4.78 is 29.8. The molecular formula is C16H22N3O6PS. The predicted octanol–water partition coefficient (Wildman–Crippen LogP) is 2.72. The number of amides is 1. The number of thiol groups is 1. The fourth-order valence-corrected chi connectivity index (χ4v) is 4.52.